The first-order valence-corrected chi connectivity index (χ1v) is 15.0. The summed E-state index contributed by atoms with van der Waals surface area (Å²) in [6.45, 7) is 8.81. The number of carbonyl (C=O) groups excluding carboxylic acids is 1. The van der Waals surface area contributed by atoms with Gasteiger partial charge < -0.3 is 20.3 Å². The number of carbonyl (C=O) groups is 1. The van der Waals surface area contributed by atoms with Crippen LogP contribution in [-0.4, -0.2) is 49.6 Å². The maximum Gasteiger partial charge on any atom is 0.415 e. The molecule has 0 saturated carbocycles. The van der Waals surface area contributed by atoms with E-state index < -0.39 is 27.3 Å². The van der Waals surface area contributed by atoms with Crippen LogP contribution in [0.15, 0.2) is 42.5 Å². The molecule has 210 valence electrons. The average molecular weight is 548 g/mol. The SMILES string of the molecule is CCCC1(CCC)OC(=O)N(CCC(C)(C)NCC(O)c2ccc(O)c(NS(C)(=O)=O)c2)c2ccccc21. The zero-order chi connectivity index (χ0) is 28.1. The number of hydrogen-bond donors (Lipinski definition) is 4. The van der Waals surface area contributed by atoms with E-state index in [2.05, 4.69) is 30.0 Å². The molecule has 1 unspecified atom stereocenters. The summed E-state index contributed by atoms with van der Waals surface area (Å²) >= 11 is 0. The molecule has 1 aliphatic heterocycles. The van der Waals surface area contributed by atoms with Gasteiger partial charge in [-0.1, -0.05) is 51.0 Å². The van der Waals surface area contributed by atoms with Gasteiger partial charge in [0.25, 0.3) is 0 Å². The van der Waals surface area contributed by atoms with Gasteiger partial charge in [0.15, 0.2) is 0 Å². The predicted octanol–water partition coefficient (Wildman–Crippen LogP) is 5.01. The molecule has 10 heteroatoms. The molecule has 2 aromatic rings. The van der Waals surface area contributed by atoms with Crippen molar-refractivity contribution in [2.24, 2.45) is 0 Å². The monoisotopic (exact) mass is 547 g/mol. The number of cyclic esters (lactones) is 1. The van der Waals surface area contributed by atoms with Crippen LogP contribution >= 0.6 is 0 Å². The van der Waals surface area contributed by atoms with Crippen molar-refractivity contribution < 1.29 is 28.2 Å². The highest BCUT2D eigenvalue weighted by Crippen LogP contribution is 2.45. The third-order valence-corrected chi connectivity index (χ3v) is 7.52. The van der Waals surface area contributed by atoms with E-state index in [1.807, 2.05) is 32.0 Å². The fourth-order valence-corrected chi connectivity index (χ4v) is 5.56. The van der Waals surface area contributed by atoms with E-state index in [4.69, 9.17) is 4.74 Å². The largest absolute Gasteiger partial charge is 0.506 e. The number of nitrogens with zero attached hydrogens (tertiary/aromatic N) is 1. The minimum Gasteiger partial charge on any atom is -0.506 e. The molecule has 9 nitrogen and oxygen atoms in total. The number of amides is 1. The van der Waals surface area contributed by atoms with E-state index in [0.717, 1.165) is 43.2 Å². The van der Waals surface area contributed by atoms with Crippen LogP contribution in [0.3, 0.4) is 0 Å². The van der Waals surface area contributed by atoms with Crippen molar-refractivity contribution in [3.63, 3.8) is 0 Å². The molecule has 1 atom stereocenters. The van der Waals surface area contributed by atoms with Gasteiger partial charge in [0, 0.05) is 24.2 Å². The zero-order valence-corrected chi connectivity index (χ0v) is 23.8. The van der Waals surface area contributed by atoms with Crippen LogP contribution in [0.1, 0.15) is 77.0 Å². The summed E-state index contributed by atoms with van der Waals surface area (Å²) in [5.74, 6) is -0.227. The lowest BCUT2D eigenvalue weighted by Gasteiger charge is -2.43. The van der Waals surface area contributed by atoms with E-state index in [1.54, 1.807) is 11.0 Å². The number of benzene rings is 2. The Morgan fingerprint density at radius 2 is 1.76 bits per heavy atom. The smallest absolute Gasteiger partial charge is 0.415 e. The number of aliphatic hydroxyl groups is 1. The molecule has 0 aromatic heterocycles. The number of para-hydroxylation sites is 1. The van der Waals surface area contributed by atoms with E-state index in [1.165, 1.54) is 12.1 Å². The molecule has 1 heterocycles. The predicted molar refractivity (Wildman–Crippen MR) is 150 cm³/mol. The molecule has 0 saturated heterocycles. The van der Waals surface area contributed by atoms with Gasteiger partial charge in [0.2, 0.25) is 10.0 Å². The van der Waals surface area contributed by atoms with Crippen molar-refractivity contribution in [1.82, 2.24) is 5.32 Å². The molecular formula is C28H41N3O6S. The zero-order valence-electron chi connectivity index (χ0n) is 23.0. The summed E-state index contributed by atoms with van der Waals surface area (Å²) < 4.78 is 31.5. The Bertz CT molecular complexity index is 1220. The van der Waals surface area contributed by atoms with Gasteiger partial charge in [0.1, 0.15) is 11.4 Å². The summed E-state index contributed by atoms with van der Waals surface area (Å²) in [7, 11) is -3.59. The molecule has 0 radical (unpaired) electrons. The van der Waals surface area contributed by atoms with E-state index in [9.17, 15) is 23.4 Å². The second-order valence-electron chi connectivity index (χ2n) is 10.7. The molecular weight excluding hydrogens is 506 g/mol. The summed E-state index contributed by atoms with van der Waals surface area (Å²) in [5, 5.41) is 24.0. The highest BCUT2D eigenvalue weighted by molar-refractivity contribution is 7.92. The highest BCUT2D eigenvalue weighted by atomic mass is 32.2. The van der Waals surface area contributed by atoms with Crippen LogP contribution in [0, 0.1) is 0 Å². The first-order chi connectivity index (χ1) is 17.8. The minimum absolute atomic E-state index is 0.00723. The van der Waals surface area contributed by atoms with Crippen LogP contribution < -0.4 is 14.9 Å². The summed E-state index contributed by atoms with van der Waals surface area (Å²) in [6.07, 6.45) is 3.68. The van der Waals surface area contributed by atoms with Gasteiger partial charge in [0.05, 0.1) is 23.7 Å². The van der Waals surface area contributed by atoms with Crippen molar-refractivity contribution in [2.75, 3.05) is 29.0 Å². The van der Waals surface area contributed by atoms with Crippen molar-refractivity contribution >= 4 is 27.5 Å². The lowest BCUT2D eigenvalue weighted by atomic mass is 9.82. The van der Waals surface area contributed by atoms with Crippen LogP contribution in [-0.2, 0) is 20.4 Å². The number of hydrogen-bond acceptors (Lipinski definition) is 7. The Kier molecular flexibility index (Phi) is 9.33. The summed E-state index contributed by atoms with van der Waals surface area (Å²) in [6, 6.07) is 12.3. The van der Waals surface area contributed by atoms with Gasteiger partial charge in [-0.3, -0.25) is 9.62 Å². The number of rotatable bonds is 13. The maximum atomic E-state index is 13.2. The van der Waals surface area contributed by atoms with Crippen molar-refractivity contribution in [3.05, 3.63) is 53.6 Å². The summed E-state index contributed by atoms with van der Waals surface area (Å²) in [4.78, 5) is 14.9. The number of sulfonamides is 1. The van der Waals surface area contributed by atoms with Crippen molar-refractivity contribution in [2.45, 2.75) is 77.0 Å². The Morgan fingerprint density at radius 3 is 2.39 bits per heavy atom. The van der Waals surface area contributed by atoms with Gasteiger partial charge in [-0.05, 0) is 56.9 Å². The number of ether oxygens (including phenoxy) is 1. The molecule has 0 spiro atoms. The summed E-state index contributed by atoms with van der Waals surface area (Å²) in [5.41, 5.74) is 1.36. The fraction of sp³-hybridized carbons (Fsp3) is 0.536. The topological polar surface area (TPSA) is 128 Å². The lowest BCUT2D eigenvalue weighted by molar-refractivity contribution is -0.00977. The van der Waals surface area contributed by atoms with Gasteiger partial charge >= 0.3 is 6.09 Å². The molecule has 0 bridgehead atoms. The normalized spacial score (nSPS) is 16.1. The van der Waals surface area contributed by atoms with E-state index in [-0.39, 0.29) is 24.1 Å². The van der Waals surface area contributed by atoms with Gasteiger partial charge in [-0.2, -0.15) is 0 Å². The minimum atomic E-state index is -3.59. The molecule has 1 aliphatic rings. The van der Waals surface area contributed by atoms with Crippen molar-refractivity contribution in [1.29, 1.82) is 0 Å². The number of phenolic OH excluding ortho intramolecular Hbond substituents is 1. The number of fused-ring (bicyclic) bond motifs is 1. The van der Waals surface area contributed by atoms with Crippen LogP contribution in [0.4, 0.5) is 16.2 Å². The molecule has 0 aliphatic carbocycles. The number of β-amino-alcohol motifs (C(OH)–C–C–N with tert-alkyl or cyclic N) is 1. The molecule has 2 aromatic carbocycles. The van der Waals surface area contributed by atoms with E-state index in [0.29, 0.717) is 18.5 Å². The van der Waals surface area contributed by atoms with Gasteiger partial charge in [-0.25, -0.2) is 13.2 Å². The molecule has 38 heavy (non-hydrogen) atoms. The highest BCUT2D eigenvalue weighted by Gasteiger charge is 2.43. The van der Waals surface area contributed by atoms with Crippen LogP contribution in [0.5, 0.6) is 5.75 Å². The third kappa shape index (κ3) is 7.18. The fourth-order valence-electron chi connectivity index (χ4n) is 5.00. The maximum absolute atomic E-state index is 13.2. The van der Waals surface area contributed by atoms with E-state index >= 15 is 0 Å². The standard InChI is InChI=1S/C28H41N3O6S/c1-6-14-28(15-7-2)21-10-8-9-11-23(21)31(26(34)37-28)17-16-27(3,4)29-19-25(33)20-12-13-24(32)22(18-20)30-38(5,35)36/h8-13,18,25,29-30,32-33H,6-7,14-17,19H2,1-5H3. The van der Waals surface area contributed by atoms with Crippen molar-refractivity contribution in [3.8, 4) is 5.75 Å². The number of aromatic hydroxyl groups is 1. The molecule has 4 N–H and O–H groups in total. The molecule has 0 fully saturated rings. The molecule has 1 amide bonds. The van der Waals surface area contributed by atoms with Crippen LogP contribution in [0.25, 0.3) is 0 Å². The Morgan fingerprint density at radius 1 is 1.11 bits per heavy atom. The number of anilines is 2. The number of nitrogens with one attached hydrogen (secondary N) is 2. The first kappa shape index (κ1) is 29.7. The Hall–Kier alpha value is -2.82. The first-order valence-electron chi connectivity index (χ1n) is 13.1. The quantitative estimate of drug-likeness (QED) is 0.260. The van der Waals surface area contributed by atoms with Gasteiger partial charge in [-0.15, -0.1) is 0 Å². The third-order valence-electron chi connectivity index (χ3n) is 6.93. The Labute approximate surface area is 226 Å². The second-order valence-corrected chi connectivity index (χ2v) is 12.5. The second kappa shape index (κ2) is 11.9. The van der Waals surface area contributed by atoms with Crippen LogP contribution in [0.2, 0.25) is 0 Å². The number of aliphatic hydroxyl groups excluding tert-OH is 1. The Balaban J connectivity index is 1.69. The average Bonchev–Trinajstić information content (AvgIpc) is 2.83. The lowest BCUT2D eigenvalue weighted by Crippen LogP contribution is -2.49. The number of phenols is 1. The molecule has 3 rings (SSSR count).